The highest BCUT2D eigenvalue weighted by Crippen LogP contribution is 2.38. The second kappa shape index (κ2) is 6.47. The predicted molar refractivity (Wildman–Crippen MR) is 82.3 cm³/mol. The van der Waals surface area contributed by atoms with Crippen molar-refractivity contribution in [2.45, 2.75) is 63.3 Å². The van der Waals surface area contributed by atoms with Crippen LogP contribution in [0.25, 0.3) is 0 Å². The van der Waals surface area contributed by atoms with E-state index in [1.54, 1.807) is 0 Å². The number of ether oxygens (including phenoxy) is 2. The number of benzene rings is 1. The topological polar surface area (TPSA) is 38.7 Å². The molecule has 3 atom stereocenters. The molecule has 0 spiro atoms. The molecule has 2 aliphatic heterocycles. The van der Waals surface area contributed by atoms with Crippen LogP contribution >= 0.6 is 0 Å². The maximum Gasteiger partial charge on any atom is 0.0855 e. The van der Waals surface area contributed by atoms with Crippen molar-refractivity contribution in [2.75, 3.05) is 13.2 Å². The maximum atomic E-state index is 11.0. The third kappa shape index (κ3) is 3.47. The zero-order chi connectivity index (χ0) is 14.7. The summed E-state index contributed by atoms with van der Waals surface area (Å²) in [6.07, 6.45) is 5.49. The Bertz CT molecular complexity index is 471. The zero-order valence-electron chi connectivity index (χ0n) is 12.9. The highest BCUT2D eigenvalue weighted by atomic mass is 16.5. The van der Waals surface area contributed by atoms with E-state index in [9.17, 15) is 5.11 Å². The summed E-state index contributed by atoms with van der Waals surface area (Å²) < 4.78 is 11.7. The quantitative estimate of drug-likeness (QED) is 0.923. The Morgan fingerprint density at radius 1 is 1.24 bits per heavy atom. The Labute approximate surface area is 127 Å². The average Bonchev–Trinajstić information content (AvgIpc) is 2.48. The van der Waals surface area contributed by atoms with Gasteiger partial charge in [-0.3, -0.25) is 0 Å². The molecular formula is C18H26O3. The van der Waals surface area contributed by atoms with E-state index in [0.717, 1.165) is 38.7 Å². The number of rotatable bonds is 4. The predicted octanol–water partition coefficient (Wildman–Crippen LogP) is 3.40. The third-order valence-corrected chi connectivity index (χ3v) is 4.80. The van der Waals surface area contributed by atoms with Gasteiger partial charge in [0.25, 0.3) is 0 Å². The number of hydrogen-bond acceptors (Lipinski definition) is 3. The summed E-state index contributed by atoms with van der Waals surface area (Å²) in [7, 11) is 0. The van der Waals surface area contributed by atoms with Crippen molar-refractivity contribution < 1.29 is 14.6 Å². The summed E-state index contributed by atoms with van der Waals surface area (Å²) in [6, 6.07) is 8.47. The van der Waals surface area contributed by atoms with Gasteiger partial charge in [-0.1, -0.05) is 37.6 Å². The summed E-state index contributed by atoms with van der Waals surface area (Å²) in [5, 5.41) is 11.0. The minimum atomic E-state index is -0.646. The Kier molecular flexibility index (Phi) is 4.63. The highest BCUT2D eigenvalue weighted by Gasteiger charge is 2.38. The van der Waals surface area contributed by atoms with E-state index in [0.29, 0.717) is 13.0 Å². The van der Waals surface area contributed by atoms with Crippen molar-refractivity contribution in [3.63, 3.8) is 0 Å². The van der Waals surface area contributed by atoms with E-state index < -0.39 is 5.60 Å². The summed E-state index contributed by atoms with van der Waals surface area (Å²) in [5.74, 6) is 0. The average molecular weight is 290 g/mol. The molecule has 1 N–H and O–H groups in total. The van der Waals surface area contributed by atoms with Gasteiger partial charge >= 0.3 is 0 Å². The van der Waals surface area contributed by atoms with Crippen LogP contribution in [0.5, 0.6) is 0 Å². The molecule has 116 valence electrons. The van der Waals surface area contributed by atoms with Gasteiger partial charge in [0.15, 0.2) is 0 Å². The molecule has 1 aromatic rings. The van der Waals surface area contributed by atoms with Crippen LogP contribution in [-0.4, -0.2) is 30.0 Å². The van der Waals surface area contributed by atoms with Crippen molar-refractivity contribution in [2.24, 2.45) is 0 Å². The lowest BCUT2D eigenvalue weighted by Gasteiger charge is -2.40. The van der Waals surface area contributed by atoms with Gasteiger partial charge < -0.3 is 14.6 Å². The molecule has 3 heteroatoms. The van der Waals surface area contributed by atoms with E-state index in [1.165, 1.54) is 11.1 Å². The van der Waals surface area contributed by atoms with E-state index in [2.05, 4.69) is 31.2 Å². The lowest BCUT2D eigenvalue weighted by molar-refractivity contribution is -0.129. The zero-order valence-corrected chi connectivity index (χ0v) is 12.9. The van der Waals surface area contributed by atoms with Gasteiger partial charge in [-0.05, 0) is 30.4 Å². The minimum Gasteiger partial charge on any atom is -0.390 e. The molecular weight excluding hydrogens is 264 g/mol. The van der Waals surface area contributed by atoms with Gasteiger partial charge in [-0.25, -0.2) is 0 Å². The maximum absolute atomic E-state index is 11.0. The normalized spacial score (nSPS) is 32.7. The number of hydrogen-bond donors (Lipinski definition) is 1. The largest absolute Gasteiger partial charge is 0.390 e. The van der Waals surface area contributed by atoms with Gasteiger partial charge in [0.05, 0.1) is 24.4 Å². The summed E-state index contributed by atoms with van der Waals surface area (Å²) >= 11 is 0. The van der Waals surface area contributed by atoms with Crippen LogP contribution in [0.15, 0.2) is 24.3 Å². The lowest BCUT2D eigenvalue weighted by Crippen LogP contribution is -2.42. The van der Waals surface area contributed by atoms with Crippen LogP contribution in [0.3, 0.4) is 0 Å². The fourth-order valence-corrected chi connectivity index (χ4v) is 3.68. The second-order valence-electron chi connectivity index (χ2n) is 6.47. The standard InChI is InChI=1S/C18H26O3/c1-2-5-15-12-18(19,9-11-20-15)13-17-16-7-4-3-6-14(16)8-10-21-17/h3-4,6-7,15,17,19H,2,5,8-13H2,1H3. The highest BCUT2D eigenvalue weighted by molar-refractivity contribution is 5.31. The Morgan fingerprint density at radius 2 is 2.10 bits per heavy atom. The molecule has 3 unspecified atom stereocenters. The van der Waals surface area contributed by atoms with Gasteiger partial charge in [0.1, 0.15) is 0 Å². The molecule has 0 aliphatic carbocycles. The molecule has 1 aromatic carbocycles. The van der Waals surface area contributed by atoms with Crippen LogP contribution < -0.4 is 0 Å². The SMILES string of the molecule is CCCC1CC(O)(CC2OCCc3ccccc32)CCO1. The molecule has 21 heavy (non-hydrogen) atoms. The van der Waals surface area contributed by atoms with Crippen molar-refractivity contribution in [3.8, 4) is 0 Å². The van der Waals surface area contributed by atoms with Crippen LogP contribution in [0.4, 0.5) is 0 Å². The van der Waals surface area contributed by atoms with Crippen molar-refractivity contribution in [1.29, 1.82) is 0 Å². The minimum absolute atomic E-state index is 0.0281. The van der Waals surface area contributed by atoms with Gasteiger partial charge in [-0.15, -0.1) is 0 Å². The molecule has 1 saturated heterocycles. The third-order valence-electron chi connectivity index (χ3n) is 4.80. The number of aliphatic hydroxyl groups is 1. The Hall–Kier alpha value is -0.900. The van der Waals surface area contributed by atoms with Gasteiger partial charge in [-0.2, -0.15) is 0 Å². The van der Waals surface area contributed by atoms with E-state index >= 15 is 0 Å². The molecule has 0 radical (unpaired) electrons. The van der Waals surface area contributed by atoms with Crippen LogP contribution in [0, 0.1) is 0 Å². The smallest absolute Gasteiger partial charge is 0.0855 e. The second-order valence-corrected chi connectivity index (χ2v) is 6.47. The summed E-state index contributed by atoms with van der Waals surface area (Å²) in [6.45, 7) is 3.58. The fourth-order valence-electron chi connectivity index (χ4n) is 3.68. The number of fused-ring (bicyclic) bond motifs is 1. The first-order valence-corrected chi connectivity index (χ1v) is 8.23. The van der Waals surface area contributed by atoms with Crippen LogP contribution in [-0.2, 0) is 15.9 Å². The van der Waals surface area contributed by atoms with Crippen molar-refractivity contribution >= 4 is 0 Å². The molecule has 0 aromatic heterocycles. The van der Waals surface area contributed by atoms with E-state index in [-0.39, 0.29) is 12.2 Å². The van der Waals surface area contributed by atoms with Crippen molar-refractivity contribution in [3.05, 3.63) is 35.4 Å². The van der Waals surface area contributed by atoms with Gasteiger partial charge in [0.2, 0.25) is 0 Å². The molecule has 3 nitrogen and oxygen atoms in total. The molecule has 1 fully saturated rings. The molecule has 2 heterocycles. The monoisotopic (exact) mass is 290 g/mol. The molecule has 0 saturated carbocycles. The van der Waals surface area contributed by atoms with E-state index in [1.807, 2.05) is 0 Å². The first-order valence-electron chi connectivity index (χ1n) is 8.23. The fraction of sp³-hybridized carbons (Fsp3) is 0.667. The molecule has 2 aliphatic rings. The summed E-state index contributed by atoms with van der Waals surface area (Å²) in [5.41, 5.74) is 1.98. The molecule has 3 rings (SSSR count). The summed E-state index contributed by atoms with van der Waals surface area (Å²) in [4.78, 5) is 0. The van der Waals surface area contributed by atoms with Crippen molar-refractivity contribution in [1.82, 2.24) is 0 Å². The molecule has 0 amide bonds. The Morgan fingerprint density at radius 3 is 2.95 bits per heavy atom. The first-order chi connectivity index (χ1) is 10.2. The first kappa shape index (κ1) is 15.0. The van der Waals surface area contributed by atoms with Gasteiger partial charge in [0, 0.05) is 19.4 Å². The Balaban J connectivity index is 1.71. The van der Waals surface area contributed by atoms with Crippen LogP contribution in [0.1, 0.15) is 56.3 Å². The van der Waals surface area contributed by atoms with Crippen LogP contribution in [0.2, 0.25) is 0 Å². The molecule has 0 bridgehead atoms. The van der Waals surface area contributed by atoms with E-state index in [4.69, 9.17) is 9.47 Å². The lowest BCUT2D eigenvalue weighted by atomic mass is 9.81.